The van der Waals surface area contributed by atoms with Gasteiger partial charge in [-0.3, -0.25) is 14.5 Å². The van der Waals surface area contributed by atoms with E-state index in [0.717, 1.165) is 0 Å². The molecular formula is C11H22N2O4. The third kappa shape index (κ3) is 7.70. The zero-order valence-corrected chi connectivity index (χ0v) is 10.9. The summed E-state index contributed by atoms with van der Waals surface area (Å²) in [6.07, 6.45) is 0. The van der Waals surface area contributed by atoms with Crippen molar-refractivity contribution >= 4 is 11.9 Å². The van der Waals surface area contributed by atoms with Crippen LogP contribution in [0.15, 0.2) is 0 Å². The second-order valence-corrected chi connectivity index (χ2v) is 4.86. The highest BCUT2D eigenvalue weighted by Crippen LogP contribution is 2.08. The monoisotopic (exact) mass is 246 g/mol. The van der Waals surface area contributed by atoms with Gasteiger partial charge in [0.2, 0.25) is 0 Å². The van der Waals surface area contributed by atoms with E-state index in [4.69, 9.17) is 15.6 Å². The number of carbonyl (C=O) groups excluding carboxylic acids is 1. The van der Waals surface area contributed by atoms with E-state index in [-0.39, 0.29) is 13.1 Å². The second kappa shape index (κ2) is 6.56. The van der Waals surface area contributed by atoms with E-state index >= 15 is 0 Å². The number of ether oxygens (including phenoxy) is 1. The van der Waals surface area contributed by atoms with E-state index in [9.17, 15) is 9.59 Å². The van der Waals surface area contributed by atoms with Gasteiger partial charge >= 0.3 is 11.9 Å². The van der Waals surface area contributed by atoms with Crippen molar-refractivity contribution in [3.8, 4) is 0 Å². The predicted molar refractivity (Wildman–Crippen MR) is 63.6 cm³/mol. The Bertz CT molecular complexity index is 273. The number of nitrogens with two attached hydrogens (primary N) is 1. The van der Waals surface area contributed by atoms with Gasteiger partial charge in [0.05, 0.1) is 6.54 Å². The first-order chi connectivity index (χ1) is 7.65. The maximum absolute atomic E-state index is 11.6. The van der Waals surface area contributed by atoms with Crippen LogP contribution in [0.3, 0.4) is 0 Å². The normalized spacial score (nSPS) is 13.5. The fourth-order valence-corrected chi connectivity index (χ4v) is 1.23. The summed E-state index contributed by atoms with van der Waals surface area (Å²) in [5, 5.41) is 8.65. The molecule has 1 atom stereocenters. The molecule has 0 bridgehead atoms. The van der Waals surface area contributed by atoms with Crippen molar-refractivity contribution in [3.63, 3.8) is 0 Å². The van der Waals surface area contributed by atoms with Crippen molar-refractivity contribution in [2.75, 3.05) is 19.6 Å². The molecule has 0 saturated heterocycles. The molecule has 6 heteroatoms. The lowest BCUT2D eigenvalue weighted by atomic mass is 10.2. The van der Waals surface area contributed by atoms with E-state index < -0.39 is 23.6 Å². The lowest BCUT2D eigenvalue weighted by Crippen LogP contribution is -2.46. The van der Waals surface area contributed by atoms with Crippen LogP contribution in [0.25, 0.3) is 0 Å². The SMILES string of the molecule is CCN(CC(=O)O)CC(N)C(=O)OC(C)(C)C. The molecule has 0 aromatic heterocycles. The van der Waals surface area contributed by atoms with Crippen LogP contribution in [0.5, 0.6) is 0 Å². The first-order valence-corrected chi connectivity index (χ1v) is 5.58. The fraction of sp³-hybridized carbons (Fsp3) is 0.818. The number of carbonyl (C=O) groups is 2. The van der Waals surface area contributed by atoms with Crippen LogP contribution in [-0.4, -0.2) is 53.2 Å². The Kier molecular flexibility index (Phi) is 6.12. The Morgan fingerprint density at radius 1 is 1.41 bits per heavy atom. The van der Waals surface area contributed by atoms with Gasteiger partial charge in [-0.15, -0.1) is 0 Å². The summed E-state index contributed by atoms with van der Waals surface area (Å²) in [5.41, 5.74) is 5.08. The molecule has 0 aromatic carbocycles. The number of carboxylic acid groups (broad SMARTS) is 1. The third-order valence-electron chi connectivity index (χ3n) is 1.97. The number of hydrogen-bond acceptors (Lipinski definition) is 5. The Balaban J connectivity index is 4.26. The van der Waals surface area contributed by atoms with Crippen molar-refractivity contribution < 1.29 is 19.4 Å². The maximum Gasteiger partial charge on any atom is 0.324 e. The van der Waals surface area contributed by atoms with Crippen LogP contribution in [0.4, 0.5) is 0 Å². The zero-order chi connectivity index (χ0) is 13.6. The number of likely N-dealkylation sites (N-methyl/N-ethyl adjacent to an activating group) is 1. The third-order valence-corrected chi connectivity index (χ3v) is 1.97. The van der Waals surface area contributed by atoms with Gasteiger partial charge in [-0.05, 0) is 27.3 Å². The fourth-order valence-electron chi connectivity index (χ4n) is 1.23. The van der Waals surface area contributed by atoms with E-state index in [1.54, 1.807) is 25.7 Å². The van der Waals surface area contributed by atoms with Crippen LogP contribution in [0.2, 0.25) is 0 Å². The number of nitrogens with zero attached hydrogens (tertiary/aromatic N) is 1. The molecule has 0 heterocycles. The van der Waals surface area contributed by atoms with Crippen LogP contribution in [-0.2, 0) is 14.3 Å². The Labute approximate surface area is 102 Å². The predicted octanol–water partition coefficient (Wildman–Crippen LogP) is 0.0619. The number of carboxylic acids is 1. The average molecular weight is 246 g/mol. The molecule has 0 aromatic rings. The van der Waals surface area contributed by atoms with Gasteiger partial charge in [-0.1, -0.05) is 6.92 Å². The van der Waals surface area contributed by atoms with E-state index in [1.807, 2.05) is 6.92 Å². The summed E-state index contributed by atoms with van der Waals surface area (Å²) >= 11 is 0. The molecule has 0 saturated carbocycles. The maximum atomic E-state index is 11.6. The quantitative estimate of drug-likeness (QED) is 0.644. The Morgan fingerprint density at radius 2 is 1.94 bits per heavy atom. The van der Waals surface area contributed by atoms with Crippen molar-refractivity contribution in [1.82, 2.24) is 4.90 Å². The molecule has 0 aliphatic heterocycles. The summed E-state index contributed by atoms with van der Waals surface area (Å²) < 4.78 is 5.11. The average Bonchev–Trinajstić information content (AvgIpc) is 2.13. The first-order valence-electron chi connectivity index (χ1n) is 5.58. The van der Waals surface area contributed by atoms with Crippen LogP contribution < -0.4 is 5.73 Å². The molecule has 100 valence electrons. The minimum Gasteiger partial charge on any atom is -0.480 e. The number of esters is 1. The van der Waals surface area contributed by atoms with Gasteiger partial charge in [0.15, 0.2) is 0 Å². The topological polar surface area (TPSA) is 92.9 Å². The van der Waals surface area contributed by atoms with Crippen LogP contribution in [0.1, 0.15) is 27.7 Å². The molecular weight excluding hydrogens is 224 g/mol. The van der Waals surface area contributed by atoms with Gasteiger partial charge in [0.25, 0.3) is 0 Å². The summed E-state index contributed by atoms with van der Waals surface area (Å²) in [4.78, 5) is 23.7. The smallest absolute Gasteiger partial charge is 0.324 e. The molecule has 0 radical (unpaired) electrons. The molecule has 1 unspecified atom stereocenters. The molecule has 0 aliphatic rings. The number of rotatable bonds is 6. The molecule has 0 aliphatic carbocycles. The second-order valence-electron chi connectivity index (χ2n) is 4.86. The highest BCUT2D eigenvalue weighted by atomic mass is 16.6. The largest absolute Gasteiger partial charge is 0.480 e. The Hall–Kier alpha value is -1.14. The first kappa shape index (κ1) is 15.9. The Morgan fingerprint density at radius 3 is 2.29 bits per heavy atom. The molecule has 0 amide bonds. The molecule has 0 fully saturated rings. The van der Waals surface area contributed by atoms with Crippen molar-refractivity contribution in [3.05, 3.63) is 0 Å². The number of aliphatic carboxylic acids is 1. The van der Waals surface area contributed by atoms with Gasteiger partial charge in [0, 0.05) is 6.54 Å². The highest BCUT2D eigenvalue weighted by molar-refractivity contribution is 5.76. The van der Waals surface area contributed by atoms with Gasteiger partial charge in [0.1, 0.15) is 11.6 Å². The lowest BCUT2D eigenvalue weighted by Gasteiger charge is -2.25. The summed E-state index contributed by atoms with van der Waals surface area (Å²) in [7, 11) is 0. The zero-order valence-electron chi connectivity index (χ0n) is 10.9. The molecule has 3 N–H and O–H groups in total. The van der Waals surface area contributed by atoms with Gasteiger partial charge < -0.3 is 15.6 Å². The van der Waals surface area contributed by atoms with E-state index in [0.29, 0.717) is 6.54 Å². The van der Waals surface area contributed by atoms with Gasteiger partial charge in [-0.25, -0.2) is 0 Å². The minimum atomic E-state index is -0.941. The van der Waals surface area contributed by atoms with Crippen molar-refractivity contribution in [2.45, 2.75) is 39.3 Å². The summed E-state index contributed by atoms with van der Waals surface area (Å²) in [6, 6.07) is -0.825. The molecule has 17 heavy (non-hydrogen) atoms. The summed E-state index contributed by atoms with van der Waals surface area (Å²) in [6.45, 7) is 7.64. The molecule has 6 nitrogen and oxygen atoms in total. The van der Waals surface area contributed by atoms with E-state index in [1.165, 1.54) is 0 Å². The van der Waals surface area contributed by atoms with E-state index in [2.05, 4.69) is 0 Å². The standard InChI is InChI=1S/C11H22N2O4/c1-5-13(7-9(14)15)6-8(12)10(16)17-11(2,3)4/h8H,5-7,12H2,1-4H3,(H,14,15). The summed E-state index contributed by atoms with van der Waals surface area (Å²) in [5.74, 6) is -1.45. The van der Waals surface area contributed by atoms with Crippen LogP contribution >= 0.6 is 0 Å². The van der Waals surface area contributed by atoms with Crippen LogP contribution in [0, 0.1) is 0 Å². The van der Waals surface area contributed by atoms with Crippen molar-refractivity contribution in [2.24, 2.45) is 5.73 Å². The lowest BCUT2D eigenvalue weighted by molar-refractivity contribution is -0.157. The van der Waals surface area contributed by atoms with Crippen molar-refractivity contribution in [1.29, 1.82) is 0 Å². The minimum absolute atomic E-state index is 0.132. The molecule has 0 rings (SSSR count). The van der Waals surface area contributed by atoms with Gasteiger partial charge in [-0.2, -0.15) is 0 Å². The highest BCUT2D eigenvalue weighted by Gasteiger charge is 2.24. The number of hydrogen-bond donors (Lipinski definition) is 2. The molecule has 0 spiro atoms.